The molecule has 1 aromatic rings. The summed E-state index contributed by atoms with van der Waals surface area (Å²) in [4.78, 5) is 15.1. The van der Waals surface area contributed by atoms with E-state index in [0.717, 1.165) is 19.4 Å². The molecule has 1 N–H and O–H groups in total. The van der Waals surface area contributed by atoms with Crippen molar-refractivity contribution in [3.63, 3.8) is 0 Å². The van der Waals surface area contributed by atoms with Crippen LogP contribution in [0.4, 0.5) is 8.78 Å². The highest BCUT2D eigenvalue weighted by Gasteiger charge is 2.48. The van der Waals surface area contributed by atoms with Crippen LogP contribution in [0.25, 0.3) is 0 Å². The fraction of sp³-hybridized carbons (Fsp3) is 0.455. The molecule has 0 saturated carbocycles. The quantitative estimate of drug-likeness (QED) is 0.757. The average Bonchev–Trinajstić information content (AvgIpc) is 2.33. The van der Waals surface area contributed by atoms with Gasteiger partial charge in [0.05, 0.1) is 25.1 Å². The number of ether oxygens (including phenoxy) is 1. The lowest BCUT2D eigenvalue weighted by molar-refractivity contribution is -0.157. The van der Waals surface area contributed by atoms with Gasteiger partial charge in [0.25, 0.3) is 0 Å². The van der Waals surface area contributed by atoms with E-state index < -0.39 is 23.6 Å². The highest BCUT2D eigenvalue weighted by atomic mass is 19.1. The second kappa shape index (κ2) is 4.03. The molecule has 0 bridgehead atoms. The van der Waals surface area contributed by atoms with E-state index >= 15 is 0 Å². The Bertz CT molecular complexity index is 466. The first-order valence-electron chi connectivity index (χ1n) is 5.10. The monoisotopic (exact) mass is 243 g/mol. The molecule has 17 heavy (non-hydrogen) atoms. The maximum Gasteiger partial charge on any atom is 0.348 e. The summed E-state index contributed by atoms with van der Waals surface area (Å²) in [6, 6.07) is 0.877. The van der Waals surface area contributed by atoms with E-state index in [0.29, 0.717) is 0 Å². The van der Waals surface area contributed by atoms with Gasteiger partial charge in [0, 0.05) is 5.56 Å². The molecule has 1 aromatic heterocycles. The van der Waals surface area contributed by atoms with E-state index in [1.165, 1.54) is 0 Å². The van der Waals surface area contributed by atoms with Crippen molar-refractivity contribution in [2.45, 2.75) is 24.6 Å². The van der Waals surface area contributed by atoms with Crippen molar-refractivity contribution in [1.82, 2.24) is 4.98 Å². The lowest BCUT2D eigenvalue weighted by atomic mass is 9.81. The third kappa shape index (κ3) is 1.78. The van der Waals surface area contributed by atoms with Gasteiger partial charge in [-0.25, -0.2) is 13.6 Å². The minimum Gasteiger partial charge on any atom is -0.466 e. The van der Waals surface area contributed by atoms with Crippen LogP contribution in [-0.4, -0.2) is 23.2 Å². The Hall–Kier alpha value is -1.56. The Morgan fingerprint density at radius 2 is 2.41 bits per heavy atom. The molecule has 1 aliphatic carbocycles. The summed E-state index contributed by atoms with van der Waals surface area (Å²) in [5.74, 6) is -1.86. The third-order valence-corrected chi connectivity index (χ3v) is 2.90. The van der Waals surface area contributed by atoms with E-state index in [1.54, 1.807) is 0 Å². The van der Waals surface area contributed by atoms with Crippen LogP contribution < -0.4 is 0 Å². The molecule has 0 spiro atoms. The number of hydrogen-bond acceptors (Lipinski definition) is 4. The van der Waals surface area contributed by atoms with E-state index in [4.69, 9.17) is 0 Å². The van der Waals surface area contributed by atoms with Gasteiger partial charge < -0.3 is 9.84 Å². The molecule has 0 aromatic carbocycles. The van der Waals surface area contributed by atoms with Crippen LogP contribution in [-0.2, 0) is 15.2 Å². The van der Waals surface area contributed by atoms with Crippen molar-refractivity contribution < 1.29 is 23.4 Å². The number of pyridine rings is 1. The van der Waals surface area contributed by atoms with Crippen LogP contribution in [0.15, 0.2) is 12.3 Å². The number of aliphatic hydroxyl groups is 1. The zero-order valence-electron chi connectivity index (χ0n) is 9.11. The largest absolute Gasteiger partial charge is 0.466 e. The van der Waals surface area contributed by atoms with Gasteiger partial charge in [0.1, 0.15) is 5.82 Å². The molecule has 0 radical (unpaired) electrons. The van der Waals surface area contributed by atoms with Gasteiger partial charge in [0.2, 0.25) is 5.67 Å². The van der Waals surface area contributed by atoms with E-state index in [1.807, 2.05) is 0 Å². The molecular weight excluding hydrogens is 232 g/mol. The SMILES string of the molecule is COC(=O)[C@]1(F)CC[C@H](O)c2ncc(F)cc21. The van der Waals surface area contributed by atoms with Gasteiger partial charge in [-0.15, -0.1) is 0 Å². The number of alkyl halides is 1. The molecule has 4 nitrogen and oxygen atoms in total. The Morgan fingerprint density at radius 1 is 1.71 bits per heavy atom. The molecule has 1 aliphatic rings. The van der Waals surface area contributed by atoms with Crippen LogP contribution in [0.5, 0.6) is 0 Å². The zero-order chi connectivity index (χ0) is 12.6. The molecule has 0 saturated heterocycles. The number of methoxy groups -OCH3 is 1. The fourth-order valence-electron chi connectivity index (χ4n) is 2.01. The molecule has 0 unspecified atom stereocenters. The Kier molecular flexibility index (Phi) is 2.82. The summed E-state index contributed by atoms with van der Waals surface area (Å²) in [5.41, 5.74) is -2.69. The predicted octanol–water partition coefficient (Wildman–Crippen LogP) is 1.39. The summed E-state index contributed by atoms with van der Waals surface area (Å²) in [6.45, 7) is 0. The zero-order valence-corrected chi connectivity index (χ0v) is 9.11. The summed E-state index contributed by atoms with van der Waals surface area (Å²) < 4.78 is 32.0. The van der Waals surface area contributed by atoms with Gasteiger partial charge in [-0.05, 0) is 18.9 Å². The second-order valence-electron chi connectivity index (χ2n) is 3.93. The number of aromatic nitrogens is 1. The number of hydrogen-bond donors (Lipinski definition) is 1. The second-order valence-corrected chi connectivity index (χ2v) is 3.93. The number of fused-ring (bicyclic) bond motifs is 1. The van der Waals surface area contributed by atoms with Gasteiger partial charge in [-0.3, -0.25) is 4.98 Å². The number of carbonyl (C=O) groups is 1. The Labute approximate surface area is 96.2 Å². The van der Waals surface area contributed by atoms with Crippen LogP contribution in [0, 0.1) is 5.82 Å². The smallest absolute Gasteiger partial charge is 0.348 e. The highest BCUT2D eigenvalue weighted by molar-refractivity contribution is 5.82. The molecular formula is C11H11F2NO3. The Morgan fingerprint density at radius 3 is 3.06 bits per heavy atom. The lowest BCUT2D eigenvalue weighted by Crippen LogP contribution is -2.37. The average molecular weight is 243 g/mol. The Balaban J connectivity index is 2.58. The van der Waals surface area contributed by atoms with Crippen molar-refractivity contribution in [1.29, 1.82) is 0 Å². The van der Waals surface area contributed by atoms with E-state index in [-0.39, 0.29) is 24.1 Å². The van der Waals surface area contributed by atoms with E-state index in [2.05, 4.69) is 9.72 Å². The minimum absolute atomic E-state index is 0.00875. The summed E-state index contributed by atoms with van der Waals surface area (Å²) in [6.07, 6.45) is -0.319. The molecule has 6 heteroatoms. The maximum absolute atomic E-state index is 14.5. The molecule has 1 heterocycles. The topological polar surface area (TPSA) is 59.4 Å². The van der Waals surface area contributed by atoms with Gasteiger partial charge in [-0.1, -0.05) is 0 Å². The lowest BCUT2D eigenvalue weighted by Gasteiger charge is -2.31. The van der Waals surface area contributed by atoms with Crippen molar-refractivity contribution in [2.75, 3.05) is 7.11 Å². The maximum atomic E-state index is 14.5. The minimum atomic E-state index is -2.43. The van der Waals surface area contributed by atoms with Crippen molar-refractivity contribution in [2.24, 2.45) is 0 Å². The van der Waals surface area contributed by atoms with Gasteiger partial charge in [-0.2, -0.15) is 0 Å². The number of halogens is 2. The summed E-state index contributed by atoms with van der Waals surface area (Å²) in [7, 11) is 1.06. The number of esters is 1. The van der Waals surface area contributed by atoms with Crippen molar-refractivity contribution in [3.8, 4) is 0 Å². The van der Waals surface area contributed by atoms with Crippen LogP contribution in [0.3, 0.4) is 0 Å². The number of rotatable bonds is 1. The first-order valence-corrected chi connectivity index (χ1v) is 5.10. The molecule has 2 rings (SSSR count). The number of carbonyl (C=O) groups excluding carboxylic acids is 1. The van der Waals surface area contributed by atoms with Crippen LogP contribution >= 0.6 is 0 Å². The van der Waals surface area contributed by atoms with Gasteiger partial charge in [0.15, 0.2) is 0 Å². The van der Waals surface area contributed by atoms with Crippen molar-refractivity contribution in [3.05, 3.63) is 29.3 Å². The van der Waals surface area contributed by atoms with Crippen LogP contribution in [0.1, 0.15) is 30.2 Å². The number of nitrogens with zero attached hydrogens (tertiary/aromatic N) is 1. The van der Waals surface area contributed by atoms with Gasteiger partial charge >= 0.3 is 5.97 Å². The third-order valence-electron chi connectivity index (χ3n) is 2.90. The standard InChI is InChI=1S/C11H11F2NO3/c1-17-10(16)11(13)3-2-8(15)9-7(11)4-6(12)5-14-9/h4-5,8,15H,2-3H2,1H3/t8-,11-/m0/s1. The number of aliphatic hydroxyl groups excluding tert-OH is 1. The summed E-state index contributed by atoms with van der Waals surface area (Å²) >= 11 is 0. The van der Waals surface area contributed by atoms with Crippen molar-refractivity contribution >= 4 is 5.97 Å². The first-order chi connectivity index (χ1) is 7.99. The van der Waals surface area contributed by atoms with E-state index in [9.17, 15) is 18.7 Å². The fourth-order valence-corrected chi connectivity index (χ4v) is 2.01. The normalized spacial score (nSPS) is 27.4. The molecule has 0 fully saturated rings. The highest BCUT2D eigenvalue weighted by Crippen LogP contribution is 2.43. The molecule has 0 amide bonds. The molecule has 92 valence electrons. The van der Waals surface area contributed by atoms with Crippen LogP contribution in [0.2, 0.25) is 0 Å². The summed E-state index contributed by atoms with van der Waals surface area (Å²) in [5, 5.41) is 9.64. The first kappa shape index (κ1) is 11.9. The predicted molar refractivity (Wildman–Crippen MR) is 53.2 cm³/mol. The molecule has 0 aliphatic heterocycles. The molecule has 2 atom stereocenters.